The van der Waals surface area contributed by atoms with E-state index in [1.807, 2.05) is 4.90 Å². The number of carbonyl (C=O) groups excluding carboxylic acids is 1. The SMILES string of the molecule is COCC1CN(C(=O)CCl)CC12CCCCC2. The monoisotopic (exact) mass is 259 g/mol. The average Bonchev–Trinajstić information content (AvgIpc) is 2.69. The van der Waals surface area contributed by atoms with Gasteiger partial charge in [-0.3, -0.25) is 4.79 Å². The molecule has 0 aromatic carbocycles. The standard InChI is InChI=1S/C13H22ClNO2/c1-17-9-11-8-15(12(16)7-14)10-13(11)5-3-2-4-6-13/h11H,2-10H2,1H3. The van der Waals surface area contributed by atoms with Gasteiger partial charge in [-0.15, -0.1) is 11.6 Å². The summed E-state index contributed by atoms with van der Waals surface area (Å²) in [5.74, 6) is 0.686. The minimum Gasteiger partial charge on any atom is -0.384 e. The summed E-state index contributed by atoms with van der Waals surface area (Å²) < 4.78 is 5.34. The highest BCUT2D eigenvalue weighted by molar-refractivity contribution is 6.27. The van der Waals surface area contributed by atoms with Gasteiger partial charge in [-0.2, -0.15) is 0 Å². The first-order chi connectivity index (χ1) is 8.22. The lowest BCUT2D eigenvalue weighted by Gasteiger charge is -2.37. The Kier molecular flexibility index (Phi) is 4.31. The van der Waals surface area contributed by atoms with Crippen LogP contribution in [0.4, 0.5) is 0 Å². The molecule has 2 fully saturated rings. The molecule has 2 aliphatic rings. The number of rotatable bonds is 3. The van der Waals surface area contributed by atoms with Crippen LogP contribution < -0.4 is 0 Å². The van der Waals surface area contributed by atoms with E-state index in [4.69, 9.17) is 16.3 Å². The van der Waals surface area contributed by atoms with Gasteiger partial charge in [-0.25, -0.2) is 0 Å². The topological polar surface area (TPSA) is 29.5 Å². The number of carbonyl (C=O) groups is 1. The van der Waals surface area contributed by atoms with Gasteiger partial charge < -0.3 is 9.64 Å². The molecule has 1 heterocycles. The zero-order valence-electron chi connectivity index (χ0n) is 10.6. The molecule has 0 aromatic heterocycles. The lowest BCUT2D eigenvalue weighted by atomic mass is 9.68. The van der Waals surface area contributed by atoms with Gasteiger partial charge in [0.15, 0.2) is 0 Å². The van der Waals surface area contributed by atoms with Crippen molar-refractivity contribution in [3.63, 3.8) is 0 Å². The fraction of sp³-hybridized carbons (Fsp3) is 0.923. The van der Waals surface area contributed by atoms with Gasteiger partial charge in [0.1, 0.15) is 5.88 Å². The molecular weight excluding hydrogens is 238 g/mol. The molecule has 4 heteroatoms. The molecule has 3 nitrogen and oxygen atoms in total. The predicted octanol–water partition coefficient (Wildman–Crippen LogP) is 2.28. The van der Waals surface area contributed by atoms with Gasteiger partial charge in [-0.05, 0) is 18.3 Å². The van der Waals surface area contributed by atoms with E-state index < -0.39 is 0 Å². The van der Waals surface area contributed by atoms with E-state index in [9.17, 15) is 4.79 Å². The summed E-state index contributed by atoms with van der Waals surface area (Å²) in [6, 6.07) is 0. The lowest BCUT2D eigenvalue weighted by molar-refractivity contribution is -0.128. The molecule has 0 radical (unpaired) electrons. The lowest BCUT2D eigenvalue weighted by Crippen LogP contribution is -2.35. The molecular formula is C13H22ClNO2. The van der Waals surface area contributed by atoms with Crippen molar-refractivity contribution in [2.45, 2.75) is 32.1 Å². The number of likely N-dealkylation sites (tertiary alicyclic amines) is 1. The molecule has 0 N–H and O–H groups in total. The molecule has 2 rings (SSSR count). The van der Waals surface area contributed by atoms with Gasteiger partial charge in [0.25, 0.3) is 0 Å². The number of methoxy groups -OCH3 is 1. The van der Waals surface area contributed by atoms with Crippen molar-refractivity contribution in [1.82, 2.24) is 4.90 Å². The Morgan fingerprint density at radius 1 is 1.41 bits per heavy atom. The van der Waals surface area contributed by atoms with Gasteiger partial charge in [0.2, 0.25) is 5.91 Å². The number of nitrogens with zero attached hydrogens (tertiary/aromatic N) is 1. The van der Waals surface area contributed by atoms with Crippen molar-refractivity contribution < 1.29 is 9.53 Å². The van der Waals surface area contributed by atoms with Gasteiger partial charge >= 0.3 is 0 Å². The van der Waals surface area contributed by atoms with Crippen LogP contribution in [0.1, 0.15) is 32.1 Å². The highest BCUT2D eigenvalue weighted by Crippen LogP contribution is 2.47. The molecule has 1 unspecified atom stereocenters. The largest absolute Gasteiger partial charge is 0.384 e. The molecule has 1 saturated carbocycles. The first-order valence-electron chi connectivity index (χ1n) is 6.54. The van der Waals surface area contributed by atoms with Crippen LogP contribution in [-0.2, 0) is 9.53 Å². The molecule has 98 valence electrons. The fourth-order valence-electron chi connectivity index (χ4n) is 3.56. The maximum atomic E-state index is 11.7. The highest BCUT2D eigenvalue weighted by atomic mass is 35.5. The van der Waals surface area contributed by atoms with Crippen LogP contribution in [0.2, 0.25) is 0 Å². The van der Waals surface area contributed by atoms with Crippen LogP contribution in [0.5, 0.6) is 0 Å². The van der Waals surface area contributed by atoms with E-state index in [1.54, 1.807) is 7.11 Å². The second-order valence-electron chi connectivity index (χ2n) is 5.48. The van der Waals surface area contributed by atoms with E-state index >= 15 is 0 Å². The van der Waals surface area contributed by atoms with Crippen LogP contribution in [-0.4, -0.2) is 43.5 Å². The summed E-state index contributed by atoms with van der Waals surface area (Å²) in [5, 5.41) is 0. The Morgan fingerprint density at radius 2 is 2.12 bits per heavy atom. The number of halogens is 1. The Labute approximate surface area is 108 Å². The molecule has 1 amide bonds. The number of hydrogen-bond acceptors (Lipinski definition) is 2. The zero-order valence-corrected chi connectivity index (χ0v) is 11.3. The molecule has 1 aliphatic carbocycles. The van der Waals surface area contributed by atoms with Crippen molar-refractivity contribution in [1.29, 1.82) is 0 Å². The first kappa shape index (κ1) is 13.2. The zero-order chi connectivity index (χ0) is 12.3. The Balaban J connectivity index is 2.09. The molecule has 17 heavy (non-hydrogen) atoms. The van der Waals surface area contributed by atoms with Crippen LogP contribution in [0.3, 0.4) is 0 Å². The van der Waals surface area contributed by atoms with Crippen LogP contribution in [0.25, 0.3) is 0 Å². The second kappa shape index (κ2) is 5.57. The summed E-state index contributed by atoms with van der Waals surface area (Å²) in [5.41, 5.74) is 0.315. The molecule has 0 bridgehead atoms. The maximum absolute atomic E-state index is 11.7. The fourth-order valence-corrected chi connectivity index (χ4v) is 3.73. The summed E-state index contributed by atoms with van der Waals surface area (Å²) in [6.07, 6.45) is 6.41. The van der Waals surface area contributed by atoms with Crippen LogP contribution in [0, 0.1) is 11.3 Å². The number of ether oxygens (including phenoxy) is 1. The van der Waals surface area contributed by atoms with E-state index in [0.29, 0.717) is 11.3 Å². The van der Waals surface area contributed by atoms with Crippen molar-refractivity contribution in [3.8, 4) is 0 Å². The number of amides is 1. The maximum Gasteiger partial charge on any atom is 0.237 e. The highest BCUT2D eigenvalue weighted by Gasteiger charge is 2.47. The smallest absolute Gasteiger partial charge is 0.237 e. The summed E-state index contributed by atoms with van der Waals surface area (Å²) >= 11 is 5.66. The van der Waals surface area contributed by atoms with Gasteiger partial charge in [0.05, 0.1) is 6.61 Å². The molecule has 1 atom stereocenters. The first-order valence-corrected chi connectivity index (χ1v) is 7.08. The van der Waals surface area contributed by atoms with Gasteiger partial charge in [0, 0.05) is 26.1 Å². The summed E-state index contributed by atoms with van der Waals surface area (Å²) in [6.45, 7) is 2.50. The summed E-state index contributed by atoms with van der Waals surface area (Å²) in [7, 11) is 1.75. The minimum atomic E-state index is 0.0789. The number of hydrogen-bond donors (Lipinski definition) is 0. The molecule has 1 saturated heterocycles. The quantitative estimate of drug-likeness (QED) is 0.728. The molecule has 1 spiro atoms. The van der Waals surface area contributed by atoms with E-state index in [0.717, 1.165) is 19.7 Å². The third-order valence-electron chi connectivity index (χ3n) is 4.50. The van der Waals surface area contributed by atoms with Gasteiger partial charge in [-0.1, -0.05) is 19.3 Å². The van der Waals surface area contributed by atoms with E-state index in [-0.39, 0.29) is 11.8 Å². The predicted molar refractivity (Wildman–Crippen MR) is 68.2 cm³/mol. The number of alkyl halides is 1. The van der Waals surface area contributed by atoms with Crippen LogP contribution >= 0.6 is 11.6 Å². The Hall–Kier alpha value is -0.280. The van der Waals surface area contributed by atoms with E-state index in [2.05, 4.69) is 0 Å². The Morgan fingerprint density at radius 3 is 2.71 bits per heavy atom. The van der Waals surface area contributed by atoms with Crippen LogP contribution in [0.15, 0.2) is 0 Å². The van der Waals surface area contributed by atoms with Crippen molar-refractivity contribution in [3.05, 3.63) is 0 Å². The van der Waals surface area contributed by atoms with Crippen molar-refractivity contribution in [2.75, 3.05) is 32.7 Å². The third-order valence-corrected chi connectivity index (χ3v) is 4.73. The molecule has 0 aromatic rings. The van der Waals surface area contributed by atoms with Crippen molar-refractivity contribution in [2.24, 2.45) is 11.3 Å². The Bertz CT molecular complexity index is 277. The average molecular weight is 260 g/mol. The van der Waals surface area contributed by atoms with E-state index in [1.165, 1.54) is 32.1 Å². The second-order valence-corrected chi connectivity index (χ2v) is 5.75. The van der Waals surface area contributed by atoms with Crippen molar-refractivity contribution >= 4 is 17.5 Å². The summed E-state index contributed by atoms with van der Waals surface area (Å²) in [4.78, 5) is 13.7. The normalized spacial score (nSPS) is 27.6. The third kappa shape index (κ3) is 2.60. The molecule has 1 aliphatic heterocycles. The minimum absolute atomic E-state index is 0.0789.